The maximum atomic E-state index is 13.1. The minimum absolute atomic E-state index is 0.0478. The zero-order valence-electron chi connectivity index (χ0n) is 16.8. The lowest BCUT2D eigenvalue weighted by molar-refractivity contribution is -0.134. The molecular formula is C21H23BrN4O4S. The van der Waals surface area contributed by atoms with Crippen molar-refractivity contribution in [3.8, 4) is 0 Å². The van der Waals surface area contributed by atoms with Crippen molar-refractivity contribution in [2.45, 2.75) is 23.3 Å². The highest BCUT2D eigenvalue weighted by molar-refractivity contribution is 9.10. The molecule has 31 heavy (non-hydrogen) atoms. The molecule has 4 rings (SSSR count). The van der Waals surface area contributed by atoms with Gasteiger partial charge in [0.2, 0.25) is 15.9 Å². The van der Waals surface area contributed by atoms with Crippen LogP contribution < -0.4 is 11.1 Å². The Bertz CT molecular complexity index is 1130. The molecule has 0 aromatic heterocycles. The maximum absolute atomic E-state index is 13.1. The van der Waals surface area contributed by atoms with Gasteiger partial charge < -0.3 is 16.0 Å². The first kappa shape index (κ1) is 21.9. The Hall–Kier alpha value is -2.27. The third-order valence-corrected chi connectivity index (χ3v) is 7.94. The highest BCUT2D eigenvalue weighted by atomic mass is 79.9. The van der Waals surface area contributed by atoms with Gasteiger partial charge >= 0.3 is 0 Å². The quantitative estimate of drug-likeness (QED) is 0.643. The molecule has 2 fully saturated rings. The second kappa shape index (κ2) is 8.34. The number of nitrogens with zero attached hydrogens (tertiary/aromatic N) is 2. The third-order valence-electron chi connectivity index (χ3n) is 5.56. The van der Waals surface area contributed by atoms with Gasteiger partial charge in [0.15, 0.2) is 0 Å². The van der Waals surface area contributed by atoms with E-state index < -0.39 is 21.5 Å². The first-order valence-corrected chi connectivity index (χ1v) is 12.2. The smallest absolute Gasteiger partial charge is 0.255 e. The van der Waals surface area contributed by atoms with Gasteiger partial charge in [-0.15, -0.1) is 0 Å². The number of sulfonamides is 1. The van der Waals surface area contributed by atoms with Crippen molar-refractivity contribution in [1.29, 1.82) is 0 Å². The number of carbonyl (C=O) groups is 2. The van der Waals surface area contributed by atoms with Crippen LogP contribution in [0.25, 0.3) is 0 Å². The minimum Gasteiger partial charge on any atom is -0.338 e. The number of hydrogen-bond donors (Lipinski definition) is 2. The maximum Gasteiger partial charge on any atom is 0.255 e. The van der Waals surface area contributed by atoms with E-state index in [0.29, 0.717) is 31.6 Å². The van der Waals surface area contributed by atoms with Gasteiger partial charge in [0.05, 0.1) is 10.4 Å². The Kier molecular flexibility index (Phi) is 5.91. The molecule has 2 amide bonds. The van der Waals surface area contributed by atoms with Crippen LogP contribution in [-0.4, -0.2) is 61.2 Å². The second-order valence-corrected chi connectivity index (χ2v) is 10.7. The fraction of sp³-hybridized carbons (Fsp3) is 0.333. The molecule has 0 atom stereocenters. The molecule has 1 aliphatic heterocycles. The van der Waals surface area contributed by atoms with E-state index in [0.717, 1.165) is 4.47 Å². The molecular weight excluding hydrogens is 484 g/mol. The van der Waals surface area contributed by atoms with E-state index in [2.05, 4.69) is 21.2 Å². The van der Waals surface area contributed by atoms with Crippen molar-refractivity contribution in [2.75, 3.05) is 31.5 Å². The molecule has 1 heterocycles. The molecule has 0 spiro atoms. The first-order valence-electron chi connectivity index (χ1n) is 9.94. The molecule has 0 bridgehead atoms. The lowest BCUT2D eigenvalue weighted by Crippen LogP contribution is -2.55. The van der Waals surface area contributed by atoms with E-state index in [4.69, 9.17) is 5.73 Å². The van der Waals surface area contributed by atoms with Crippen molar-refractivity contribution < 1.29 is 18.0 Å². The van der Waals surface area contributed by atoms with Crippen LogP contribution in [0.3, 0.4) is 0 Å². The summed E-state index contributed by atoms with van der Waals surface area (Å²) in [4.78, 5) is 26.7. The van der Waals surface area contributed by atoms with E-state index in [1.54, 1.807) is 35.2 Å². The molecule has 1 aliphatic carbocycles. The molecule has 2 aromatic carbocycles. The van der Waals surface area contributed by atoms with Crippen molar-refractivity contribution >= 4 is 43.5 Å². The molecule has 0 unspecified atom stereocenters. The van der Waals surface area contributed by atoms with Crippen LogP contribution in [0.2, 0.25) is 0 Å². The van der Waals surface area contributed by atoms with Crippen LogP contribution in [-0.2, 0) is 14.8 Å². The Labute approximate surface area is 189 Å². The molecule has 0 radical (unpaired) electrons. The lowest BCUT2D eigenvalue weighted by Gasteiger charge is -2.35. The summed E-state index contributed by atoms with van der Waals surface area (Å²) in [6.07, 6.45) is 1.36. The predicted octanol–water partition coefficient (Wildman–Crippen LogP) is 2.03. The van der Waals surface area contributed by atoms with Gasteiger partial charge in [-0.2, -0.15) is 4.31 Å². The summed E-state index contributed by atoms with van der Waals surface area (Å²) in [7, 11) is -3.79. The van der Waals surface area contributed by atoms with Gasteiger partial charge in [0.1, 0.15) is 0 Å². The fourth-order valence-electron chi connectivity index (χ4n) is 3.51. The number of halogens is 1. The topological polar surface area (TPSA) is 113 Å². The van der Waals surface area contributed by atoms with Gasteiger partial charge in [0, 0.05) is 41.9 Å². The number of piperazine rings is 1. The van der Waals surface area contributed by atoms with Gasteiger partial charge in [-0.05, 0) is 49.2 Å². The van der Waals surface area contributed by atoms with Crippen molar-refractivity contribution in [1.82, 2.24) is 9.21 Å². The lowest BCUT2D eigenvalue weighted by atomic mass is 10.2. The molecule has 8 nitrogen and oxygen atoms in total. The largest absolute Gasteiger partial charge is 0.338 e. The summed E-state index contributed by atoms with van der Waals surface area (Å²) in [5, 5.41) is 2.76. The number of nitrogens with two attached hydrogens (primary N) is 1. The monoisotopic (exact) mass is 506 g/mol. The zero-order valence-corrected chi connectivity index (χ0v) is 19.2. The standard InChI is InChI=1S/C21H23BrN4O4S/c22-16-4-2-5-17(14-16)24-19(27)15-3-1-6-18(13-15)31(29,30)26-11-9-25(10-12-26)20(28)21(23)7-8-21/h1-6,13-14H,7-12,23H2,(H,24,27). The number of nitrogens with one attached hydrogen (secondary N) is 1. The van der Waals surface area contributed by atoms with Crippen LogP contribution in [0.1, 0.15) is 23.2 Å². The number of hydrogen-bond acceptors (Lipinski definition) is 5. The minimum atomic E-state index is -3.79. The number of anilines is 1. The number of benzene rings is 2. The van der Waals surface area contributed by atoms with Crippen LogP contribution in [0.5, 0.6) is 0 Å². The molecule has 2 aliphatic rings. The molecule has 10 heteroatoms. The van der Waals surface area contributed by atoms with Gasteiger partial charge in [-0.25, -0.2) is 8.42 Å². The normalized spacial score (nSPS) is 18.5. The third kappa shape index (κ3) is 4.67. The van der Waals surface area contributed by atoms with E-state index in [1.807, 2.05) is 6.07 Å². The fourth-order valence-corrected chi connectivity index (χ4v) is 5.38. The molecule has 3 N–H and O–H groups in total. The van der Waals surface area contributed by atoms with Gasteiger partial charge in [-0.1, -0.05) is 28.1 Å². The summed E-state index contributed by atoms with van der Waals surface area (Å²) in [6.45, 7) is 0.997. The zero-order chi connectivity index (χ0) is 22.2. The Balaban J connectivity index is 1.45. The number of amides is 2. The van der Waals surface area contributed by atoms with Crippen molar-refractivity contribution in [3.05, 3.63) is 58.6 Å². The Morgan fingerprint density at radius 1 is 1.00 bits per heavy atom. The predicted molar refractivity (Wildman–Crippen MR) is 120 cm³/mol. The summed E-state index contributed by atoms with van der Waals surface area (Å²) in [6, 6.07) is 13.1. The number of rotatable bonds is 5. The van der Waals surface area contributed by atoms with Crippen LogP contribution in [0, 0.1) is 0 Å². The van der Waals surface area contributed by atoms with Crippen molar-refractivity contribution in [3.63, 3.8) is 0 Å². The van der Waals surface area contributed by atoms with E-state index >= 15 is 0 Å². The SMILES string of the molecule is NC1(C(=O)N2CCN(S(=O)(=O)c3cccc(C(=O)Nc4cccc(Br)c4)c3)CC2)CC1. The molecule has 164 valence electrons. The van der Waals surface area contributed by atoms with Crippen LogP contribution in [0.4, 0.5) is 5.69 Å². The summed E-state index contributed by atoms with van der Waals surface area (Å²) in [5.41, 5.74) is 6.07. The Morgan fingerprint density at radius 2 is 1.68 bits per heavy atom. The summed E-state index contributed by atoms with van der Waals surface area (Å²) >= 11 is 3.35. The van der Waals surface area contributed by atoms with Gasteiger partial charge in [0.25, 0.3) is 5.91 Å². The summed E-state index contributed by atoms with van der Waals surface area (Å²) in [5.74, 6) is -0.501. The molecule has 2 aromatic rings. The highest BCUT2D eigenvalue weighted by Gasteiger charge is 2.48. The van der Waals surface area contributed by atoms with Crippen molar-refractivity contribution in [2.24, 2.45) is 5.73 Å². The van der Waals surface area contributed by atoms with E-state index in [9.17, 15) is 18.0 Å². The average molecular weight is 507 g/mol. The van der Waals surface area contributed by atoms with E-state index in [1.165, 1.54) is 16.4 Å². The van der Waals surface area contributed by atoms with Gasteiger partial charge in [-0.3, -0.25) is 9.59 Å². The molecule has 1 saturated heterocycles. The first-order chi connectivity index (χ1) is 14.7. The van der Waals surface area contributed by atoms with Crippen LogP contribution >= 0.6 is 15.9 Å². The Morgan fingerprint density at radius 3 is 2.32 bits per heavy atom. The number of carbonyl (C=O) groups excluding carboxylic acids is 2. The molecule has 1 saturated carbocycles. The van der Waals surface area contributed by atoms with Crippen LogP contribution in [0.15, 0.2) is 57.9 Å². The highest BCUT2D eigenvalue weighted by Crippen LogP contribution is 2.34. The second-order valence-electron chi connectivity index (χ2n) is 7.84. The van der Waals surface area contributed by atoms with E-state index in [-0.39, 0.29) is 29.5 Å². The average Bonchev–Trinajstić information content (AvgIpc) is 3.52. The summed E-state index contributed by atoms with van der Waals surface area (Å²) < 4.78 is 28.4.